The average molecular weight is 299 g/mol. The van der Waals surface area contributed by atoms with Gasteiger partial charge in [-0.1, -0.05) is 12.8 Å². The van der Waals surface area contributed by atoms with Crippen LogP contribution in [0.1, 0.15) is 25.7 Å². The number of amides is 1. The van der Waals surface area contributed by atoms with Crippen LogP contribution in [0.25, 0.3) is 0 Å². The molecule has 2 N–H and O–H groups in total. The Morgan fingerprint density at radius 1 is 1.48 bits per heavy atom. The standard InChI is InChI=1S/C13H18FN3O4/c1-21-10-5-3-2-4-8(10)6-15-12(19)17-7-9(14)11(18)16-13(17)20/h7-8,10H,2-6H2,1H3,(H,15,19)(H,16,18,20). The van der Waals surface area contributed by atoms with Crippen LogP contribution in [0.4, 0.5) is 9.18 Å². The van der Waals surface area contributed by atoms with E-state index in [0.29, 0.717) is 17.3 Å². The lowest BCUT2D eigenvalue weighted by atomic mass is 9.86. The van der Waals surface area contributed by atoms with Gasteiger partial charge in [0.15, 0.2) is 0 Å². The fourth-order valence-corrected chi connectivity index (χ4v) is 2.62. The van der Waals surface area contributed by atoms with Crippen LogP contribution in [0, 0.1) is 11.7 Å². The molecule has 1 aliphatic rings. The van der Waals surface area contributed by atoms with Crippen molar-refractivity contribution in [1.82, 2.24) is 14.9 Å². The molecule has 1 aliphatic carbocycles. The number of rotatable bonds is 3. The van der Waals surface area contributed by atoms with E-state index in [9.17, 15) is 18.8 Å². The molecule has 7 nitrogen and oxygen atoms in total. The van der Waals surface area contributed by atoms with E-state index < -0.39 is 23.1 Å². The Kier molecular flexibility index (Phi) is 4.89. The van der Waals surface area contributed by atoms with Gasteiger partial charge in [-0.15, -0.1) is 0 Å². The maximum Gasteiger partial charge on any atom is 0.336 e. The molecule has 2 rings (SSSR count). The summed E-state index contributed by atoms with van der Waals surface area (Å²) in [6, 6.07) is -0.768. The molecule has 1 aromatic rings. The molecule has 1 heterocycles. The van der Waals surface area contributed by atoms with Crippen molar-refractivity contribution in [2.75, 3.05) is 13.7 Å². The van der Waals surface area contributed by atoms with E-state index in [1.807, 2.05) is 0 Å². The molecule has 2 unspecified atom stereocenters. The largest absolute Gasteiger partial charge is 0.381 e. The van der Waals surface area contributed by atoms with E-state index in [-0.39, 0.29) is 12.0 Å². The molecule has 1 aromatic heterocycles. The number of H-pyrrole nitrogens is 1. The van der Waals surface area contributed by atoms with Crippen molar-refractivity contribution >= 4 is 6.03 Å². The first-order chi connectivity index (χ1) is 10.0. The lowest BCUT2D eigenvalue weighted by molar-refractivity contribution is 0.0249. The minimum Gasteiger partial charge on any atom is -0.381 e. The number of hydrogen-bond acceptors (Lipinski definition) is 4. The first-order valence-electron chi connectivity index (χ1n) is 6.85. The molecule has 1 amide bonds. The summed E-state index contributed by atoms with van der Waals surface area (Å²) in [5.74, 6) is -1.02. The zero-order chi connectivity index (χ0) is 15.4. The van der Waals surface area contributed by atoms with Crippen LogP contribution in [0.3, 0.4) is 0 Å². The summed E-state index contributed by atoms with van der Waals surface area (Å²) < 4.78 is 19.0. The van der Waals surface area contributed by atoms with Crippen LogP contribution in [-0.4, -0.2) is 35.3 Å². The van der Waals surface area contributed by atoms with Crippen molar-refractivity contribution in [1.29, 1.82) is 0 Å². The topological polar surface area (TPSA) is 93.2 Å². The van der Waals surface area contributed by atoms with Crippen molar-refractivity contribution in [3.05, 3.63) is 32.9 Å². The second kappa shape index (κ2) is 6.66. The highest BCUT2D eigenvalue weighted by Gasteiger charge is 2.25. The second-order valence-electron chi connectivity index (χ2n) is 5.11. The fraction of sp³-hybridized carbons (Fsp3) is 0.615. The lowest BCUT2D eigenvalue weighted by Crippen LogP contribution is -2.44. The Morgan fingerprint density at radius 3 is 2.90 bits per heavy atom. The summed E-state index contributed by atoms with van der Waals surface area (Å²) in [6.07, 6.45) is 4.67. The van der Waals surface area contributed by atoms with Gasteiger partial charge in [-0.25, -0.2) is 14.2 Å². The van der Waals surface area contributed by atoms with Gasteiger partial charge in [-0.3, -0.25) is 9.78 Å². The fourth-order valence-electron chi connectivity index (χ4n) is 2.62. The van der Waals surface area contributed by atoms with Gasteiger partial charge in [-0.2, -0.15) is 4.39 Å². The summed E-state index contributed by atoms with van der Waals surface area (Å²) in [6.45, 7) is 0.338. The van der Waals surface area contributed by atoms with Crippen LogP contribution in [-0.2, 0) is 4.74 Å². The number of aromatic nitrogens is 2. The molecule has 1 fully saturated rings. The Hall–Kier alpha value is -1.96. The number of nitrogens with one attached hydrogen (secondary N) is 2. The lowest BCUT2D eigenvalue weighted by Gasteiger charge is -2.30. The van der Waals surface area contributed by atoms with Crippen LogP contribution in [0.2, 0.25) is 0 Å². The number of methoxy groups -OCH3 is 1. The van der Waals surface area contributed by atoms with Gasteiger partial charge in [0.2, 0.25) is 5.82 Å². The number of hydrogen-bond donors (Lipinski definition) is 2. The summed E-state index contributed by atoms with van der Waals surface area (Å²) in [4.78, 5) is 36.0. The van der Waals surface area contributed by atoms with Crippen LogP contribution >= 0.6 is 0 Å². The van der Waals surface area contributed by atoms with Crippen molar-refractivity contribution in [3.63, 3.8) is 0 Å². The number of nitrogens with zero attached hydrogens (tertiary/aromatic N) is 1. The predicted octanol–water partition coefficient (Wildman–Crippen LogP) is 0.439. The number of carbonyl (C=O) groups is 1. The monoisotopic (exact) mass is 299 g/mol. The van der Waals surface area contributed by atoms with Gasteiger partial charge in [0.25, 0.3) is 5.56 Å². The predicted molar refractivity (Wildman–Crippen MR) is 72.8 cm³/mol. The van der Waals surface area contributed by atoms with Crippen molar-refractivity contribution in [2.24, 2.45) is 5.92 Å². The van der Waals surface area contributed by atoms with Crippen molar-refractivity contribution < 1.29 is 13.9 Å². The van der Waals surface area contributed by atoms with E-state index in [2.05, 4.69) is 5.32 Å². The summed E-state index contributed by atoms with van der Waals surface area (Å²) in [5.41, 5.74) is -2.11. The first kappa shape index (κ1) is 15.4. The highest BCUT2D eigenvalue weighted by atomic mass is 19.1. The Balaban J connectivity index is 2.03. The number of aromatic amines is 1. The summed E-state index contributed by atoms with van der Waals surface area (Å²) in [7, 11) is 1.63. The molecule has 0 aliphatic heterocycles. The molecular formula is C13H18FN3O4. The highest BCUT2D eigenvalue weighted by molar-refractivity contribution is 5.76. The normalized spacial score (nSPS) is 22.0. The second-order valence-corrected chi connectivity index (χ2v) is 5.11. The third kappa shape index (κ3) is 3.57. The van der Waals surface area contributed by atoms with Gasteiger partial charge < -0.3 is 10.1 Å². The smallest absolute Gasteiger partial charge is 0.336 e. The first-order valence-corrected chi connectivity index (χ1v) is 6.85. The van der Waals surface area contributed by atoms with Crippen LogP contribution in [0.15, 0.2) is 15.8 Å². The highest BCUT2D eigenvalue weighted by Crippen LogP contribution is 2.25. The third-order valence-corrected chi connectivity index (χ3v) is 3.77. The minimum atomic E-state index is -1.18. The van der Waals surface area contributed by atoms with Gasteiger partial charge in [0.05, 0.1) is 12.3 Å². The Morgan fingerprint density at radius 2 is 2.19 bits per heavy atom. The molecule has 0 radical (unpaired) electrons. The zero-order valence-electron chi connectivity index (χ0n) is 11.7. The minimum absolute atomic E-state index is 0.0723. The van der Waals surface area contributed by atoms with E-state index in [4.69, 9.17) is 4.74 Å². The average Bonchev–Trinajstić information content (AvgIpc) is 2.48. The zero-order valence-corrected chi connectivity index (χ0v) is 11.7. The molecule has 21 heavy (non-hydrogen) atoms. The summed E-state index contributed by atoms with van der Waals surface area (Å²) in [5, 5.41) is 2.58. The summed E-state index contributed by atoms with van der Waals surface area (Å²) >= 11 is 0. The van der Waals surface area contributed by atoms with Crippen LogP contribution < -0.4 is 16.6 Å². The van der Waals surface area contributed by atoms with Crippen molar-refractivity contribution in [2.45, 2.75) is 31.8 Å². The number of carbonyl (C=O) groups excluding carboxylic acids is 1. The quantitative estimate of drug-likeness (QED) is 0.847. The van der Waals surface area contributed by atoms with Crippen LogP contribution in [0.5, 0.6) is 0 Å². The molecule has 116 valence electrons. The maximum absolute atomic E-state index is 13.1. The molecule has 2 atom stereocenters. The van der Waals surface area contributed by atoms with E-state index >= 15 is 0 Å². The molecule has 0 aromatic carbocycles. The van der Waals surface area contributed by atoms with Crippen molar-refractivity contribution in [3.8, 4) is 0 Å². The molecule has 1 saturated carbocycles. The van der Waals surface area contributed by atoms with E-state index in [1.54, 1.807) is 12.1 Å². The SMILES string of the molecule is COC1CCCCC1CNC(=O)n1cc(F)c(=O)[nH]c1=O. The number of halogens is 1. The number of ether oxygens (including phenoxy) is 1. The van der Waals surface area contributed by atoms with Gasteiger partial charge in [-0.05, 0) is 12.8 Å². The molecule has 0 spiro atoms. The molecular weight excluding hydrogens is 281 g/mol. The van der Waals surface area contributed by atoms with Gasteiger partial charge in [0, 0.05) is 19.6 Å². The van der Waals surface area contributed by atoms with E-state index in [0.717, 1.165) is 25.7 Å². The Labute approximate surface area is 120 Å². The molecule has 0 saturated heterocycles. The maximum atomic E-state index is 13.1. The molecule has 0 bridgehead atoms. The third-order valence-electron chi connectivity index (χ3n) is 3.77. The van der Waals surface area contributed by atoms with E-state index in [1.165, 1.54) is 0 Å². The Bertz CT molecular complexity index is 625. The van der Waals surface area contributed by atoms with Gasteiger partial charge >= 0.3 is 11.7 Å². The van der Waals surface area contributed by atoms with Gasteiger partial charge in [0.1, 0.15) is 0 Å². The molecule has 8 heteroatoms.